The Morgan fingerprint density at radius 2 is 1.75 bits per heavy atom. The zero-order chi connectivity index (χ0) is 11.5. The summed E-state index contributed by atoms with van der Waals surface area (Å²) in [6.07, 6.45) is 1.27. The predicted molar refractivity (Wildman–Crippen MR) is 73.3 cm³/mol. The third-order valence-electron chi connectivity index (χ3n) is 2.98. The van der Waals surface area contributed by atoms with Crippen molar-refractivity contribution in [2.75, 3.05) is 32.7 Å². The summed E-state index contributed by atoms with van der Waals surface area (Å²) in [5.74, 6) is 0. The van der Waals surface area contributed by atoms with Gasteiger partial charge in [0.05, 0.1) is 0 Å². The van der Waals surface area contributed by atoms with Crippen LogP contribution in [0, 0.1) is 0 Å². The van der Waals surface area contributed by atoms with Crippen molar-refractivity contribution in [2.24, 2.45) is 5.73 Å². The number of nitrogens with zero attached hydrogens (tertiary/aromatic N) is 2. The zero-order valence-corrected chi connectivity index (χ0v) is 12.0. The fraction of sp³-hybridized carbons (Fsp3) is 1.00. The van der Waals surface area contributed by atoms with E-state index in [-0.39, 0.29) is 17.9 Å². The molecule has 1 saturated heterocycles. The average Bonchev–Trinajstić information content (AvgIpc) is 2.26. The standard InChI is InChI=1S/C12H27N3.ClH/c1-11(2)15-7-5-6-14(8-9-15)10-12(3,4)13;/h11H,5-10,13H2,1-4H3;1H. The molecule has 98 valence electrons. The van der Waals surface area contributed by atoms with Crippen LogP contribution in [0.1, 0.15) is 34.1 Å². The molecular formula is C12H28ClN3. The van der Waals surface area contributed by atoms with Crippen LogP contribution in [0.2, 0.25) is 0 Å². The smallest absolute Gasteiger partial charge is 0.0226 e. The topological polar surface area (TPSA) is 32.5 Å². The predicted octanol–water partition coefficient (Wildman–Crippen LogP) is 1.56. The second-order valence-electron chi connectivity index (χ2n) is 5.75. The van der Waals surface area contributed by atoms with E-state index in [2.05, 4.69) is 37.5 Å². The molecule has 4 heteroatoms. The van der Waals surface area contributed by atoms with Crippen molar-refractivity contribution in [3.8, 4) is 0 Å². The van der Waals surface area contributed by atoms with E-state index in [4.69, 9.17) is 5.73 Å². The maximum absolute atomic E-state index is 6.06. The van der Waals surface area contributed by atoms with E-state index in [1.165, 1.54) is 32.6 Å². The van der Waals surface area contributed by atoms with Gasteiger partial charge in [-0.2, -0.15) is 0 Å². The molecule has 0 bridgehead atoms. The minimum Gasteiger partial charge on any atom is -0.324 e. The molecule has 0 saturated carbocycles. The monoisotopic (exact) mass is 249 g/mol. The fourth-order valence-electron chi connectivity index (χ4n) is 2.24. The van der Waals surface area contributed by atoms with Gasteiger partial charge in [-0.3, -0.25) is 4.90 Å². The minimum atomic E-state index is -0.0625. The minimum absolute atomic E-state index is 0. The summed E-state index contributed by atoms with van der Waals surface area (Å²) in [7, 11) is 0. The summed E-state index contributed by atoms with van der Waals surface area (Å²) >= 11 is 0. The number of hydrogen-bond acceptors (Lipinski definition) is 3. The van der Waals surface area contributed by atoms with Crippen molar-refractivity contribution in [3.05, 3.63) is 0 Å². The highest BCUT2D eigenvalue weighted by atomic mass is 35.5. The first kappa shape index (κ1) is 16.2. The fourth-order valence-corrected chi connectivity index (χ4v) is 2.24. The molecule has 2 N–H and O–H groups in total. The highest BCUT2D eigenvalue weighted by Gasteiger charge is 2.20. The van der Waals surface area contributed by atoms with Gasteiger partial charge in [0.15, 0.2) is 0 Å². The molecule has 0 aromatic heterocycles. The van der Waals surface area contributed by atoms with Gasteiger partial charge in [-0.15, -0.1) is 12.4 Å². The molecule has 3 nitrogen and oxygen atoms in total. The molecule has 0 radical (unpaired) electrons. The Balaban J connectivity index is 0.00000225. The van der Waals surface area contributed by atoms with Crippen LogP contribution in [0.3, 0.4) is 0 Å². The quantitative estimate of drug-likeness (QED) is 0.824. The second-order valence-corrected chi connectivity index (χ2v) is 5.75. The van der Waals surface area contributed by atoms with Crippen molar-refractivity contribution < 1.29 is 0 Å². The van der Waals surface area contributed by atoms with Gasteiger partial charge in [-0.1, -0.05) is 0 Å². The number of rotatable bonds is 3. The van der Waals surface area contributed by atoms with E-state index in [1.54, 1.807) is 0 Å². The lowest BCUT2D eigenvalue weighted by molar-refractivity contribution is 0.205. The molecule has 1 heterocycles. The third-order valence-corrected chi connectivity index (χ3v) is 2.98. The molecule has 0 unspecified atom stereocenters. The van der Waals surface area contributed by atoms with Crippen LogP contribution in [0.15, 0.2) is 0 Å². The molecule has 1 aliphatic rings. The van der Waals surface area contributed by atoms with E-state index in [0.29, 0.717) is 6.04 Å². The molecule has 1 aliphatic heterocycles. The highest BCUT2D eigenvalue weighted by molar-refractivity contribution is 5.85. The summed E-state index contributed by atoms with van der Waals surface area (Å²) in [5, 5.41) is 0. The summed E-state index contributed by atoms with van der Waals surface area (Å²) in [6, 6.07) is 0.677. The molecule has 0 aliphatic carbocycles. The van der Waals surface area contributed by atoms with E-state index < -0.39 is 0 Å². The lowest BCUT2D eigenvalue weighted by atomic mass is 10.1. The van der Waals surface area contributed by atoms with Crippen LogP contribution in [0.25, 0.3) is 0 Å². The zero-order valence-electron chi connectivity index (χ0n) is 11.2. The van der Waals surface area contributed by atoms with Crippen molar-refractivity contribution in [3.63, 3.8) is 0 Å². The Hall–Kier alpha value is 0.170. The van der Waals surface area contributed by atoms with Crippen LogP contribution in [-0.2, 0) is 0 Å². The van der Waals surface area contributed by atoms with Gasteiger partial charge in [0, 0.05) is 31.2 Å². The van der Waals surface area contributed by atoms with Gasteiger partial charge in [0.1, 0.15) is 0 Å². The van der Waals surface area contributed by atoms with Gasteiger partial charge in [0.25, 0.3) is 0 Å². The Labute approximate surface area is 107 Å². The van der Waals surface area contributed by atoms with Crippen LogP contribution in [-0.4, -0.2) is 54.1 Å². The Kier molecular flexibility index (Phi) is 6.87. The number of hydrogen-bond donors (Lipinski definition) is 1. The first-order chi connectivity index (χ1) is 6.88. The first-order valence-electron chi connectivity index (χ1n) is 6.14. The Bertz CT molecular complexity index is 189. The number of nitrogens with two attached hydrogens (primary N) is 1. The Morgan fingerprint density at radius 1 is 1.12 bits per heavy atom. The molecule has 0 atom stereocenters. The van der Waals surface area contributed by atoms with E-state index in [1.807, 2.05) is 0 Å². The maximum Gasteiger partial charge on any atom is 0.0226 e. The van der Waals surface area contributed by atoms with Crippen molar-refractivity contribution in [2.45, 2.75) is 45.7 Å². The second kappa shape index (κ2) is 6.80. The molecule has 1 rings (SSSR count). The van der Waals surface area contributed by atoms with Crippen molar-refractivity contribution in [1.82, 2.24) is 9.80 Å². The summed E-state index contributed by atoms with van der Waals surface area (Å²) in [6.45, 7) is 14.6. The number of halogens is 1. The van der Waals surface area contributed by atoms with Crippen LogP contribution in [0.5, 0.6) is 0 Å². The SMILES string of the molecule is CC(C)N1CCCN(CC(C)(C)N)CC1.Cl. The molecule has 0 aromatic carbocycles. The van der Waals surface area contributed by atoms with Crippen LogP contribution < -0.4 is 5.73 Å². The van der Waals surface area contributed by atoms with Gasteiger partial charge >= 0.3 is 0 Å². The van der Waals surface area contributed by atoms with Gasteiger partial charge in [-0.05, 0) is 47.2 Å². The van der Waals surface area contributed by atoms with E-state index in [0.717, 1.165) is 6.54 Å². The van der Waals surface area contributed by atoms with Gasteiger partial charge < -0.3 is 10.6 Å². The molecule has 16 heavy (non-hydrogen) atoms. The van der Waals surface area contributed by atoms with Gasteiger partial charge in [-0.25, -0.2) is 0 Å². The van der Waals surface area contributed by atoms with E-state index in [9.17, 15) is 0 Å². The lowest BCUT2D eigenvalue weighted by Gasteiger charge is -2.29. The van der Waals surface area contributed by atoms with Gasteiger partial charge in [0.2, 0.25) is 0 Å². The van der Waals surface area contributed by atoms with Crippen molar-refractivity contribution >= 4 is 12.4 Å². The van der Waals surface area contributed by atoms with Crippen molar-refractivity contribution in [1.29, 1.82) is 0 Å². The normalized spacial score (nSPS) is 20.6. The van der Waals surface area contributed by atoms with Crippen LogP contribution in [0.4, 0.5) is 0 Å². The third kappa shape index (κ3) is 6.04. The summed E-state index contributed by atoms with van der Waals surface area (Å²) in [5.41, 5.74) is 5.99. The van der Waals surface area contributed by atoms with Crippen LogP contribution >= 0.6 is 12.4 Å². The molecular weight excluding hydrogens is 222 g/mol. The molecule has 0 aromatic rings. The summed E-state index contributed by atoms with van der Waals surface area (Å²) < 4.78 is 0. The Morgan fingerprint density at radius 3 is 2.25 bits per heavy atom. The summed E-state index contributed by atoms with van der Waals surface area (Å²) in [4.78, 5) is 5.06. The average molecular weight is 250 g/mol. The highest BCUT2D eigenvalue weighted by Crippen LogP contribution is 2.09. The maximum atomic E-state index is 6.06. The molecule has 1 fully saturated rings. The van der Waals surface area contributed by atoms with E-state index >= 15 is 0 Å². The molecule has 0 amide bonds. The first-order valence-corrected chi connectivity index (χ1v) is 6.14. The largest absolute Gasteiger partial charge is 0.324 e. The lowest BCUT2D eigenvalue weighted by Crippen LogP contribution is -2.46. The molecule has 0 spiro atoms.